The van der Waals surface area contributed by atoms with Crippen LogP contribution in [0.3, 0.4) is 0 Å². The quantitative estimate of drug-likeness (QED) is 0.892. The summed E-state index contributed by atoms with van der Waals surface area (Å²) < 4.78 is 5.34. The van der Waals surface area contributed by atoms with Gasteiger partial charge in [0, 0.05) is 18.2 Å². The van der Waals surface area contributed by atoms with E-state index >= 15 is 0 Å². The molecule has 1 atom stereocenters. The Balaban J connectivity index is 0.00000161. The second-order valence-electron chi connectivity index (χ2n) is 5.24. The van der Waals surface area contributed by atoms with Gasteiger partial charge in [0.25, 0.3) is 5.91 Å². The van der Waals surface area contributed by atoms with E-state index in [1.165, 1.54) is 19.1 Å². The van der Waals surface area contributed by atoms with E-state index in [1.54, 1.807) is 0 Å². The standard InChI is InChI=1S/C16H18N2O2.ClH/c17-14(12-6-7-12)10-18-16(19)15-13(8-9-20-15)11-4-2-1-3-5-11;/h1-5,8-9,12,14H,6-7,10,17H2,(H,18,19);1H. The first-order chi connectivity index (χ1) is 9.75. The number of carbonyl (C=O) groups is 1. The fourth-order valence-corrected chi connectivity index (χ4v) is 2.31. The summed E-state index contributed by atoms with van der Waals surface area (Å²) in [6, 6.07) is 11.6. The van der Waals surface area contributed by atoms with Crippen molar-refractivity contribution in [3.63, 3.8) is 0 Å². The van der Waals surface area contributed by atoms with Gasteiger partial charge < -0.3 is 15.5 Å². The maximum Gasteiger partial charge on any atom is 0.287 e. The van der Waals surface area contributed by atoms with Gasteiger partial charge in [-0.3, -0.25) is 4.79 Å². The molecule has 4 nitrogen and oxygen atoms in total. The number of halogens is 1. The van der Waals surface area contributed by atoms with E-state index in [4.69, 9.17) is 10.2 Å². The molecule has 1 unspecified atom stereocenters. The molecule has 0 spiro atoms. The molecule has 0 radical (unpaired) electrons. The molecule has 112 valence electrons. The van der Waals surface area contributed by atoms with E-state index in [0.29, 0.717) is 18.2 Å². The monoisotopic (exact) mass is 306 g/mol. The first-order valence-electron chi connectivity index (χ1n) is 6.92. The summed E-state index contributed by atoms with van der Waals surface area (Å²) in [5, 5.41) is 2.86. The number of amides is 1. The topological polar surface area (TPSA) is 68.3 Å². The third kappa shape index (κ3) is 3.65. The summed E-state index contributed by atoms with van der Waals surface area (Å²) in [5.41, 5.74) is 7.76. The lowest BCUT2D eigenvalue weighted by Crippen LogP contribution is -2.38. The Morgan fingerprint density at radius 2 is 2.00 bits per heavy atom. The minimum atomic E-state index is -0.204. The molecule has 1 aromatic carbocycles. The third-order valence-electron chi connectivity index (χ3n) is 3.68. The third-order valence-corrected chi connectivity index (χ3v) is 3.68. The molecule has 1 aromatic heterocycles. The maximum absolute atomic E-state index is 12.2. The number of rotatable bonds is 5. The molecule has 0 aliphatic heterocycles. The molecule has 3 rings (SSSR count). The van der Waals surface area contributed by atoms with Crippen molar-refractivity contribution in [1.82, 2.24) is 5.32 Å². The van der Waals surface area contributed by atoms with Crippen LogP contribution in [0.15, 0.2) is 47.1 Å². The Hall–Kier alpha value is -1.78. The molecule has 1 aliphatic carbocycles. The predicted molar refractivity (Wildman–Crippen MR) is 84.4 cm³/mol. The van der Waals surface area contributed by atoms with Crippen LogP contribution in [0, 0.1) is 5.92 Å². The lowest BCUT2D eigenvalue weighted by atomic mass is 10.1. The van der Waals surface area contributed by atoms with Crippen molar-refractivity contribution in [3.8, 4) is 11.1 Å². The van der Waals surface area contributed by atoms with Crippen molar-refractivity contribution < 1.29 is 9.21 Å². The fourth-order valence-electron chi connectivity index (χ4n) is 2.31. The van der Waals surface area contributed by atoms with Gasteiger partial charge >= 0.3 is 0 Å². The van der Waals surface area contributed by atoms with E-state index in [-0.39, 0.29) is 24.4 Å². The van der Waals surface area contributed by atoms with E-state index in [0.717, 1.165) is 11.1 Å². The molecule has 5 heteroatoms. The normalized spacial score (nSPS) is 15.1. The minimum Gasteiger partial charge on any atom is -0.459 e. The number of nitrogens with two attached hydrogens (primary N) is 1. The van der Waals surface area contributed by atoms with E-state index in [9.17, 15) is 4.79 Å². The summed E-state index contributed by atoms with van der Waals surface area (Å²) in [5.74, 6) is 0.713. The molecule has 0 saturated heterocycles. The largest absolute Gasteiger partial charge is 0.459 e. The van der Waals surface area contributed by atoms with Crippen LogP contribution in [0.2, 0.25) is 0 Å². The summed E-state index contributed by atoms with van der Waals surface area (Å²) >= 11 is 0. The van der Waals surface area contributed by atoms with E-state index in [1.807, 2.05) is 36.4 Å². The highest BCUT2D eigenvalue weighted by Crippen LogP contribution is 2.31. The highest BCUT2D eigenvalue weighted by molar-refractivity contribution is 5.98. The summed E-state index contributed by atoms with van der Waals surface area (Å²) in [6.45, 7) is 0.498. The minimum absolute atomic E-state index is 0. The average molecular weight is 307 g/mol. The van der Waals surface area contributed by atoms with Crippen LogP contribution in [0.1, 0.15) is 23.4 Å². The molecule has 1 aliphatic rings. The summed E-state index contributed by atoms with van der Waals surface area (Å²) in [7, 11) is 0. The molecule has 0 bridgehead atoms. The number of furan rings is 1. The van der Waals surface area contributed by atoms with Crippen molar-refractivity contribution in [2.45, 2.75) is 18.9 Å². The molecule has 1 fully saturated rings. The molecule has 3 N–H and O–H groups in total. The zero-order chi connectivity index (χ0) is 13.9. The predicted octanol–water partition coefficient (Wildman–Crippen LogP) is 2.84. The first-order valence-corrected chi connectivity index (χ1v) is 6.92. The van der Waals surface area contributed by atoms with Crippen LogP contribution < -0.4 is 11.1 Å². The highest BCUT2D eigenvalue weighted by Gasteiger charge is 2.29. The highest BCUT2D eigenvalue weighted by atomic mass is 35.5. The molecule has 1 heterocycles. The van der Waals surface area contributed by atoms with E-state index in [2.05, 4.69) is 5.32 Å². The van der Waals surface area contributed by atoms with Crippen LogP contribution in [0.25, 0.3) is 11.1 Å². The summed E-state index contributed by atoms with van der Waals surface area (Å²) in [4.78, 5) is 12.2. The van der Waals surface area contributed by atoms with Gasteiger partial charge in [0.15, 0.2) is 5.76 Å². The van der Waals surface area contributed by atoms with Crippen LogP contribution in [-0.4, -0.2) is 18.5 Å². The van der Waals surface area contributed by atoms with Gasteiger partial charge in [-0.2, -0.15) is 0 Å². The Morgan fingerprint density at radius 1 is 1.29 bits per heavy atom. The number of nitrogens with one attached hydrogen (secondary N) is 1. The second kappa shape index (κ2) is 6.78. The van der Waals surface area contributed by atoms with Gasteiger partial charge in [0.2, 0.25) is 0 Å². The SMILES string of the molecule is Cl.NC(CNC(=O)c1occc1-c1ccccc1)C1CC1. The Kier molecular flexibility index (Phi) is 5.04. The molecule has 1 saturated carbocycles. The molecule has 21 heavy (non-hydrogen) atoms. The zero-order valence-corrected chi connectivity index (χ0v) is 12.4. The number of hydrogen-bond acceptors (Lipinski definition) is 3. The van der Waals surface area contributed by atoms with Crippen molar-refractivity contribution in [3.05, 3.63) is 48.4 Å². The van der Waals surface area contributed by atoms with Crippen LogP contribution in [0.4, 0.5) is 0 Å². The number of carbonyl (C=O) groups excluding carboxylic acids is 1. The Morgan fingerprint density at radius 3 is 2.67 bits per heavy atom. The maximum atomic E-state index is 12.2. The molecule has 1 amide bonds. The second-order valence-corrected chi connectivity index (χ2v) is 5.24. The van der Waals surface area contributed by atoms with Gasteiger partial charge in [-0.15, -0.1) is 12.4 Å². The zero-order valence-electron chi connectivity index (χ0n) is 11.6. The van der Waals surface area contributed by atoms with Gasteiger partial charge in [-0.1, -0.05) is 30.3 Å². The Labute approximate surface area is 130 Å². The number of benzene rings is 1. The number of hydrogen-bond donors (Lipinski definition) is 2. The van der Waals surface area contributed by atoms with Crippen LogP contribution >= 0.6 is 12.4 Å². The molecule has 2 aromatic rings. The average Bonchev–Trinajstić information content (AvgIpc) is 3.22. The van der Waals surface area contributed by atoms with Crippen molar-refractivity contribution in [2.75, 3.05) is 6.54 Å². The van der Waals surface area contributed by atoms with Crippen molar-refractivity contribution in [2.24, 2.45) is 11.7 Å². The van der Waals surface area contributed by atoms with Gasteiger partial charge in [0.1, 0.15) is 0 Å². The van der Waals surface area contributed by atoms with Gasteiger partial charge in [-0.25, -0.2) is 0 Å². The van der Waals surface area contributed by atoms with Crippen LogP contribution in [0.5, 0.6) is 0 Å². The van der Waals surface area contributed by atoms with Crippen LogP contribution in [-0.2, 0) is 0 Å². The van der Waals surface area contributed by atoms with Gasteiger partial charge in [-0.05, 0) is 30.4 Å². The van der Waals surface area contributed by atoms with Gasteiger partial charge in [0.05, 0.1) is 6.26 Å². The Bertz CT molecular complexity index is 593. The lowest BCUT2D eigenvalue weighted by molar-refractivity contribution is 0.0923. The van der Waals surface area contributed by atoms with Crippen molar-refractivity contribution in [1.29, 1.82) is 0 Å². The molecular weight excluding hydrogens is 288 g/mol. The smallest absolute Gasteiger partial charge is 0.287 e. The first kappa shape index (κ1) is 15.6. The van der Waals surface area contributed by atoms with E-state index < -0.39 is 0 Å². The molecular formula is C16H19ClN2O2. The van der Waals surface area contributed by atoms with Crippen molar-refractivity contribution >= 4 is 18.3 Å². The fraction of sp³-hybridized carbons (Fsp3) is 0.312. The summed E-state index contributed by atoms with van der Waals surface area (Å²) in [6.07, 6.45) is 3.89. The lowest BCUT2D eigenvalue weighted by Gasteiger charge is -2.11.